The molecule has 1 N–H and O–H groups in total. The first-order valence-corrected chi connectivity index (χ1v) is 8.01. The summed E-state index contributed by atoms with van der Waals surface area (Å²) < 4.78 is 0.554. The molecule has 0 aliphatic rings. The van der Waals surface area contributed by atoms with Gasteiger partial charge in [-0.15, -0.1) is 0 Å². The summed E-state index contributed by atoms with van der Waals surface area (Å²) in [5, 5.41) is 2.88. The lowest BCUT2D eigenvalue weighted by molar-refractivity contribution is 0.102. The molecule has 1 heterocycles. The number of aryl methyl sites for hydroxylation is 1. The van der Waals surface area contributed by atoms with E-state index < -0.39 is 0 Å². The van der Waals surface area contributed by atoms with Crippen molar-refractivity contribution in [1.82, 2.24) is 4.98 Å². The van der Waals surface area contributed by atoms with Gasteiger partial charge in [-0.2, -0.15) is 0 Å². The molecule has 1 amide bonds. The highest BCUT2D eigenvalue weighted by Crippen LogP contribution is 2.16. The van der Waals surface area contributed by atoms with E-state index in [9.17, 15) is 4.79 Å². The number of anilines is 1. The Kier molecular flexibility index (Phi) is 5.93. The predicted octanol–water partition coefficient (Wildman–Crippen LogP) is 4.83. The first-order valence-electron chi connectivity index (χ1n) is 7.21. The van der Waals surface area contributed by atoms with Crippen molar-refractivity contribution in [2.75, 3.05) is 5.32 Å². The van der Waals surface area contributed by atoms with Gasteiger partial charge in [0.05, 0.1) is 5.56 Å². The van der Waals surface area contributed by atoms with Crippen LogP contribution in [-0.4, -0.2) is 10.9 Å². The number of rotatable bonds is 6. The maximum atomic E-state index is 12.1. The molecule has 2 rings (SSSR count). The number of carbonyl (C=O) groups excluding carboxylic acids is 1. The van der Waals surface area contributed by atoms with E-state index in [0.29, 0.717) is 10.2 Å². The molecule has 0 fully saturated rings. The number of carbonyl (C=O) groups is 1. The van der Waals surface area contributed by atoms with Crippen molar-refractivity contribution in [3.8, 4) is 0 Å². The maximum absolute atomic E-state index is 12.1. The van der Waals surface area contributed by atoms with Gasteiger partial charge < -0.3 is 5.32 Å². The van der Waals surface area contributed by atoms with Crippen LogP contribution in [0, 0.1) is 0 Å². The zero-order valence-corrected chi connectivity index (χ0v) is 13.7. The van der Waals surface area contributed by atoms with Gasteiger partial charge in [-0.25, -0.2) is 4.98 Å². The van der Waals surface area contributed by atoms with E-state index in [-0.39, 0.29) is 5.91 Å². The fraction of sp³-hybridized carbons (Fsp3) is 0.294. The third-order valence-corrected chi connectivity index (χ3v) is 3.92. The van der Waals surface area contributed by atoms with Gasteiger partial charge in [0.2, 0.25) is 0 Å². The Morgan fingerprint density at radius 3 is 2.62 bits per heavy atom. The lowest BCUT2D eigenvalue weighted by Gasteiger charge is -2.07. The van der Waals surface area contributed by atoms with Crippen molar-refractivity contribution in [3.05, 3.63) is 58.3 Å². The van der Waals surface area contributed by atoms with Gasteiger partial charge in [0.1, 0.15) is 4.60 Å². The highest BCUT2D eigenvalue weighted by molar-refractivity contribution is 9.10. The van der Waals surface area contributed by atoms with Crippen molar-refractivity contribution < 1.29 is 4.79 Å². The van der Waals surface area contributed by atoms with Gasteiger partial charge in [-0.3, -0.25) is 4.79 Å². The number of unbranched alkanes of at least 4 members (excludes halogenated alkanes) is 2. The second kappa shape index (κ2) is 7.93. The molecule has 3 nitrogen and oxygen atoms in total. The second-order valence-corrected chi connectivity index (χ2v) is 5.70. The number of nitrogens with zero attached hydrogens (tertiary/aromatic N) is 1. The Morgan fingerprint density at radius 2 is 1.95 bits per heavy atom. The van der Waals surface area contributed by atoms with Crippen LogP contribution in [0.25, 0.3) is 0 Å². The second-order valence-electron chi connectivity index (χ2n) is 4.95. The van der Waals surface area contributed by atoms with Gasteiger partial charge in [0, 0.05) is 11.9 Å². The number of hydrogen-bond acceptors (Lipinski definition) is 2. The zero-order chi connectivity index (χ0) is 15.1. The van der Waals surface area contributed by atoms with E-state index in [2.05, 4.69) is 45.3 Å². The van der Waals surface area contributed by atoms with Crippen LogP contribution < -0.4 is 5.32 Å². The Hall–Kier alpha value is -1.68. The molecule has 0 radical (unpaired) electrons. The number of halogens is 1. The minimum atomic E-state index is -0.159. The fourth-order valence-electron chi connectivity index (χ4n) is 2.09. The van der Waals surface area contributed by atoms with Crippen molar-refractivity contribution in [2.45, 2.75) is 32.6 Å². The fourth-order valence-corrected chi connectivity index (χ4v) is 2.52. The van der Waals surface area contributed by atoms with Crippen molar-refractivity contribution in [3.63, 3.8) is 0 Å². The molecule has 0 bridgehead atoms. The monoisotopic (exact) mass is 346 g/mol. The average molecular weight is 347 g/mol. The van der Waals surface area contributed by atoms with Crippen molar-refractivity contribution in [1.29, 1.82) is 0 Å². The summed E-state index contributed by atoms with van der Waals surface area (Å²) in [4.78, 5) is 16.2. The average Bonchev–Trinajstić information content (AvgIpc) is 2.49. The molecular weight excluding hydrogens is 328 g/mol. The number of amides is 1. The van der Waals surface area contributed by atoms with Crippen molar-refractivity contribution in [2.24, 2.45) is 0 Å². The highest BCUT2D eigenvalue weighted by Gasteiger charge is 2.10. The van der Waals surface area contributed by atoms with Crippen LogP contribution in [0.15, 0.2) is 47.2 Å². The Bertz CT molecular complexity index is 596. The standard InChI is InChI=1S/C17H19BrN2O/c1-2-3-4-6-13-8-10-14(11-9-13)20-17(21)15-7-5-12-19-16(15)18/h5,7-12H,2-4,6H2,1H3,(H,20,21). The van der Waals surface area contributed by atoms with Crippen molar-refractivity contribution >= 4 is 27.5 Å². The summed E-state index contributed by atoms with van der Waals surface area (Å²) in [6.45, 7) is 2.20. The largest absolute Gasteiger partial charge is 0.322 e. The molecule has 0 atom stereocenters. The predicted molar refractivity (Wildman–Crippen MR) is 89.6 cm³/mol. The zero-order valence-electron chi connectivity index (χ0n) is 12.1. The molecule has 0 spiro atoms. The van der Waals surface area contributed by atoms with Crippen LogP contribution in [0.4, 0.5) is 5.69 Å². The molecule has 0 unspecified atom stereocenters. The summed E-state index contributed by atoms with van der Waals surface area (Å²) in [5.41, 5.74) is 2.64. The smallest absolute Gasteiger partial charge is 0.258 e. The summed E-state index contributed by atoms with van der Waals surface area (Å²) in [6.07, 6.45) is 6.44. The minimum Gasteiger partial charge on any atom is -0.322 e. The Balaban J connectivity index is 1.97. The van der Waals surface area contributed by atoms with E-state index in [0.717, 1.165) is 12.1 Å². The number of hydrogen-bond donors (Lipinski definition) is 1. The molecule has 0 aliphatic heterocycles. The quantitative estimate of drug-likeness (QED) is 0.601. The number of aromatic nitrogens is 1. The Morgan fingerprint density at radius 1 is 1.19 bits per heavy atom. The van der Waals surface area contributed by atoms with E-state index in [1.807, 2.05) is 12.1 Å². The molecule has 0 saturated carbocycles. The molecule has 2 aromatic rings. The van der Waals surface area contributed by atoms with E-state index in [1.165, 1.54) is 24.8 Å². The van der Waals surface area contributed by atoms with Crippen LogP contribution >= 0.6 is 15.9 Å². The van der Waals surface area contributed by atoms with Crippen LogP contribution in [0.3, 0.4) is 0 Å². The number of pyridine rings is 1. The minimum absolute atomic E-state index is 0.159. The summed E-state index contributed by atoms with van der Waals surface area (Å²) in [5.74, 6) is -0.159. The third kappa shape index (κ3) is 4.67. The molecule has 110 valence electrons. The van der Waals surface area contributed by atoms with Crippen LogP contribution in [0.2, 0.25) is 0 Å². The molecule has 1 aromatic heterocycles. The Labute approximate surface area is 133 Å². The van der Waals surface area contributed by atoms with E-state index in [1.54, 1.807) is 18.3 Å². The van der Waals surface area contributed by atoms with Gasteiger partial charge in [0.15, 0.2) is 0 Å². The SMILES string of the molecule is CCCCCc1ccc(NC(=O)c2cccnc2Br)cc1. The molecule has 1 aromatic carbocycles. The normalized spacial score (nSPS) is 10.4. The van der Waals surface area contributed by atoms with E-state index in [4.69, 9.17) is 0 Å². The molecule has 0 aliphatic carbocycles. The van der Waals surface area contributed by atoms with Gasteiger partial charge in [0.25, 0.3) is 5.91 Å². The van der Waals surface area contributed by atoms with Crippen LogP contribution in [0.1, 0.15) is 42.1 Å². The topological polar surface area (TPSA) is 42.0 Å². The molecule has 21 heavy (non-hydrogen) atoms. The maximum Gasteiger partial charge on any atom is 0.258 e. The molecule has 0 saturated heterocycles. The number of nitrogens with one attached hydrogen (secondary N) is 1. The molecule has 4 heteroatoms. The van der Waals surface area contributed by atoms with Crippen LogP contribution in [-0.2, 0) is 6.42 Å². The van der Waals surface area contributed by atoms with Gasteiger partial charge in [-0.1, -0.05) is 31.9 Å². The first kappa shape index (κ1) is 15.7. The lowest BCUT2D eigenvalue weighted by Crippen LogP contribution is -2.12. The summed E-state index contributed by atoms with van der Waals surface area (Å²) in [6, 6.07) is 11.5. The van der Waals surface area contributed by atoms with Gasteiger partial charge >= 0.3 is 0 Å². The first-order chi connectivity index (χ1) is 10.2. The van der Waals surface area contributed by atoms with E-state index >= 15 is 0 Å². The summed E-state index contributed by atoms with van der Waals surface area (Å²) >= 11 is 3.29. The lowest BCUT2D eigenvalue weighted by atomic mass is 10.1. The third-order valence-electron chi connectivity index (χ3n) is 3.28. The van der Waals surface area contributed by atoms with Gasteiger partial charge in [-0.05, 0) is 58.6 Å². The summed E-state index contributed by atoms with van der Waals surface area (Å²) in [7, 11) is 0. The number of benzene rings is 1. The van der Waals surface area contributed by atoms with Crippen LogP contribution in [0.5, 0.6) is 0 Å². The molecular formula is C17H19BrN2O. The highest BCUT2D eigenvalue weighted by atomic mass is 79.9.